The van der Waals surface area contributed by atoms with E-state index in [4.69, 9.17) is 4.74 Å². The van der Waals surface area contributed by atoms with Gasteiger partial charge < -0.3 is 14.5 Å². The van der Waals surface area contributed by atoms with Crippen LogP contribution in [0.15, 0.2) is 25.0 Å². The van der Waals surface area contributed by atoms with Gasteiger partial charge in [0.25, 0.3) is 5.91 Å². The fourth-order valence-electron chi connectivity index (χ4n) is 3.69. The fraction of sp³-hybridized carbons (Fsp3) is 0.529. The lowest BCUT2D eigenvalue weighted by Gasteiger charge is -2.26. The molecule has 1 aromatic heterocycles. The van der Waals surface area contributed by atoms with Crippen molar-refractivity contribution < 1.29 is 14.3 Å². The van der Waals surface area contributed by atoms with Crippen LogP contribution in [0.3, 0.4) is 0 Å². The summed E-state index contributed by atoms with van der Waals surface area (Å²) >= 11 is 0. The number of nitrogens with zero attached hydrogens (tertiary/aromatic N) is 4. The number of amides is 2. The molecular weight excluding hydrogens is 308 g/mol. The van der Waals surface area contributed by atoms with Crippen LogP contribution in [0.2, 0.25) is 0 Å². The lowest BCUT2D eigenvalue weighted by atomic mass is 9.78. The molecule has 2 amide bonds. The second kappa shape index (κ2) is 6.22. The van der Waals surface area contributed by atoms with Gasteiger partial charge in [-0.3, -0.25) is 9.59 Å². The van der Waals surface area contributed by atoms with Gasteiger partial charge in [-0.15, -0.1) is 6.58 Å². The fourth-order valence-corrected chi connectivity index (χ4v) is 3.69. The Morgan fingerprint density at radius 3 is 2.83 bits per heavy atom. The maximum absolute atomic E-state index is 12.8. The number of methoxy groups -OCH3 is 1. The molecule has 1 spiro atoms. The molecule has 0 aliphatic carbocycles. The number of carbonyl (C=O) groups is 2. The van der Waals surface area contributed by atoms with Crippen LogP contribution in [0.5, 0.6) is 5.75 Å². The maximum atomic E-state index is 12.8. The van der Waals surface area contributed by atoms with Gasteiger partial charge in [0.2, 0.25) is 11.7 Å². The van der Waals surface area contributed by atoms with E-state index >= 15 is 0 Å². The molecular formula is C17H22N4O3. The number of ether oxygens (including phenoxy) is 1. The Balaban J connectivity index is 1.76. The molecule has 0 radical (unpaired) electrons. The van der Waals surface area contributed by atoms with Crippen LogP contribution in [0.25, 0.3) is 0 Å². The first-order valence-electron chi connectivity index (χ1n) is 8.07. The molecule has 7 heteroatoms. The SMILES string of the molecule is C=CCN1CC[C@]2(CN(C(=O)c3ncc(OC)cn3)C[C@H]2C)C1=O. The van der Waals surface area contributed by atoms with E-state index in [9.17, 15) is 9.59 Å². The minimum atomic E-state index is -0.481. The van der Waals surface area contributed by atoms with Gasteiger partial charge in [0.05, 0.1) is 24.9 Å². The summed E-state index contributed by atoms with van der Waals surface area (Å²) in [6.45, 7) is 7.99. The van der Waals surface area contributed by atoms with Crippen molar-refractivity contribution >= 4 is 11.8 Å². The first kappa shape index (κ1) is 16.4. The van der Waals surface area contributed by atoms with Gasteiger partial charge in [-0.25, -0.2) is 9.97 Å². The second-order valence-electron chi connectivity index (χ2n) is 6.48. The maximum Gasteiger partial charge on any atom is 0.291 e. The summed E-state index contributed by atoms with van der Waals surface area (Å²) < 4.78 is 5.01. The quantitative estimate of drug-likeness (QED) is 0.769. The summed E-state index contributed by atoms with van der Waals surface area (Å²) in [7, 11) is 1.52. The van der Waals surface area contributed by atoms with Crippen molar-refractivity contribution in [3.05, 3.63) is 30.9 Å². The highest BCUT2D eigenvalue weighted by molar-refractivity contribution is 5.93. The smallest absolute Gasteiger partial charge is 0.291 e. The van der Waals surface area contributed by atoms with E-state index in [0.29, 0.717) is 25.4 Å². The van der Waals surface area contributed by atoms with Gasteiger partial charge in [0, 0.05) is 26.2 Å². The van der Waals surface area contributed by atoms with Crippen LogP contribution in [-0.4, -0.2) is 64.9 Å². The van der Waals surface area contributed by atoms with Crippen molar-refractivity contribution in [1.82, 2.24) is 19.8 Å². The van der Waals surface area contributed by atoms with E-state index in [-0.39, 0.29) is 23.6 Å². The molecule has 3 heterocycles. The standard InChI is InChI=1S/C17H22N4O3/c1-4-6-20-7-5-17(16(20)23)11-21(10-12(17)2)15(22)14-18-8-13(24-3)9-19-14/h4,8-9,12H,1,5-7,10-11H2,2-3H3/t12-,17-/m1/s1. The predicted molar refractivity (Wildman–Crippen MR) is 87.5 cm³/mol. The predicted octanol–water partition coefficient (Wildman–Crippen LogP) is 0.982. The molecule has 2 atom stereocenters. The molecule has 0 aromatic carbocycles. The van der Waals surface area contributed by atoms with Crippen LogP contribution < -0.4 is 4.74 Å². The topological polar surface area (TPSA) is 75.6 Å². The Morgan fingerprint density at radius 1 is 1.50 bits per heavy atom. The molecule has 2 aliphatic heterocycles. The third-order valence-corrected chi connectivity index (χ3v) is 5.14. The Morgan fingerprint density at radius 2 is 2.21 bits per heavy atom. The molecule has 7 nitrogen and oxygen atoms in total. The van der Waals surface area contributed by atoms with E-state index in [2.05, 4.69) is 16.5 Å². The molecule has 0 unspecified atom stereocenters. The van der Waals surface area contributed by atoms with Crippen LogP contribution in [0.1, 0.15) is 24.0 Å². The van der Waals surface area contributed by atoms with Crippen LogP contribution >= 0.6 is 0 Å². The number of carbonyl (C=O) groups excluding carboxylic acids is 2. The minimum Gasteiger partial charge on any atom is -0.494 e. The molecule has 24 heavy (non-hydrogen) atoms. The van der Waals surface area contributed by atoms with Gasteiger partial charge in [-0.2, -0.15) is 0 Å². The average Bonchev–Trinajstić information content (AvgIpc) is 3.10. The Bertz CT molecular complexity index is 660. The third kappa shape index (κ3) is 2.53. The first-order chi connectivity index (χ1) is 11.5. The van der Waals surface area contributed by atoms with E-state index in [1.165, 1.54) is 19.5 Å². The van der Waals surface area contributed by atoms with Gasteiger partial charge in [0.1, 0.15) is 0 Å². The second-order valence-corrected chi connectivity index (χ2v) is 6.48. The Hall–Kier alpha value is -2.44. The molecule has 2 aliphatic rings. The van der Waals surface area contributed by atoms with Crippen molar-refractivity contribution in [3.63, 3.8) is 0 Å². The van der Waals surface area contributed by atoms with Gasteiger partial charge in [0.15, 0.2) is 5.75 Å². The Kier molecular flexibility index (Phi) is 4.26. The normalized spacial score (nSPS) is 26.2. The highest BCUT2D eigenvalue weighted by Gasteiger charge is 2.55. The lowest BCUT2D eigenvalue weighted by molar-refractivity contribution is -0.136. The van der Waals surface area contributed by atoms with E-state index in [0.717, 1.165) is 13.0 Å². The number of likely N-dealkylation sites (tertiary alicyclic amines) is 2. The van der Waals surface area contributed by atoms with E-state index in [1.54, 1.807) is 11.0 Å². The average molecular weight is 330 g/mol. The summed E-state index contributed by atoms with van der Waals surface area (Å²) in [4.78, 5) is 37.1. The number of hydrogen-bond acceptors (Lipinski definition) is 5. The van der Waals surface area contributed by atoms with Gasteiger partial charge in [-0.1, -0.05) is 13.0 Å². The molecule has 128 valence electrons. The highest BCUT2D eigenvalue weighted by Crippen LogP contribution is 2.44. The van der Waals surface area contributed by atoms with Crippen molar-refractivity contribution in [2.24, 2.45) is 11.3 Å². The summed E-state index contributed by atoms with van der Waals surface area (Å²) in [6, 6.07) is 0. The molecule has 0 N–H and O–H groups in total. The first-order valence-corrected chi connectivity index (χ1v) is 8.07. The number of rotatable bonds is 4. The van der Waals surface area contributed by atoms with Gasteiger partial charge in [-0.05, 0) is 12.3 Å². The zero-order valence-corrected chi connectivity index (χ0v) is 14.1. The zero-order valence-electron chi connectivity index (χ0n) is 14.1. The summed E-state index contributed by atoms with van der Waals surface area (Å²) in [6.07, 6.45) is 5.46. The van der Waals surface area contributed by atoms with E-state index < -0.39 is 5.41 Å². The van der Waals surface area contributed by atoms with Crippen LogP contribution in [0.4, 0.5) is 0 Å². The third-order valence-electron chi connectivity index (χ3n) is 5.14. The molecule has 2 saturated heterocycles. The largest absolute Gasteiger partial charge is 0.494 e. The summed E-state index contributed by atoms with van der Waals surface area (Å²) in [5.41, 5.74) is -0.481. The van der Waals surface area contributed by atoms with Crippen molar-refractivity contribution in [2.45, 2.75) is 13.3 Å². The Labute approximate surface area is 141 Å². The number of aromatic nitrogens is 2. The summed E-state index contributed by atoms with van der Waals surface area (Å²) in [5.74, 6) is 0.636. The lowest BCUT2D eigenvalue weighted by Crippen LogP contribution is -2.40. The van der Waals surface area contributed by atoms with Crippen molar-refractivity contribution in [3.8, 4) is 5.75 Å². The minimum absolute atomic E-state index is 0.113. The molecule has 0 saturated carbocycles. The molecule has 3 rings (SSSR count). The monoisotopic (exact) mass is 330 g/mol. The molecule has 2 fully saturated rings. The highest BCUT2D eigenvalue weighted by atomic mass is 16.5. The molecule has 1 aromatic rings. The van der Waals surface area contributed by atoms with Gasteiger partial charge >= 0.3 is 0 Å². The summed E-state index contributed by atoms with van der Waals surface area (Å²) in [5, 5.41) is 0. The van der Waals surface area contributed by atoms with Crippen LogP contribution in [0, 0.1) is 11.3 Å². The van der Waals surface area contributed by atoms with E-state index in [1.807, 2.05) is 11.8 Å². The number of hydrogen-bond donors (Lipinski definition) is 0. The van der Waals surface area contributed by atoms with Crippen molar-refractivity contribution in [2.75, 3.05) is 33.3 Å². The van der Waals surface area contributed by atoms with Crippen molar-refractivity contribution in [1.29, 1.82) is 0 Å². The zero-order chi connectivity index (χ0) is 17.3. The van der Waals surface area contributed by atoms with Crippen LogP contribution in [-0.2, 0) is 4.79 Å². The molecule has 0 bridgehead atoms.